The topological polar surface area (TPSA) is 37.3 Å². The van der Waals surface area contributed by atoms with Crippen LogP contribution in [-0.2, 0) is 4.79 Å². The van der Waals surface area contributed by atoms with Gasteiger partial charge in [-0.15, -0.1) is 0 Å². The Morgan fingerprint density at radius 2 is 1.80 bits per heavy atom. The van der Waals surface area contributed by atoms with Crippen LogP contribution in [0.5, 0.6) is 0 Å². The molecule has 0 saturated carbocycles. The van der Waals surface area contributed by atoms with E-state index in [4.69, 9.17) is 5.11 Å². The number of rotatable bonds is 1. The summed E-state index contributed by atoms with van der Waals surface area (Å²) in [5.41, 5.74) is 0. The highest BCUT2D eigenvalue weighted by Gasteiger charge is 2.16. The Morgan fingerprint density at radius 1 is 1.40 bits per heavy atom. The second-order valence-electron chi connectivity index (χ2n) is 1.98. The number of carboxylic acids is 1. The highest BCUT2D eigenvalue weighted by molar-refractivity contribution is 5.70. The maximum absolute atomic E-state index is 10.2. The molecule has 0 aliphatic heterocycles. The number of carbonyl (C=O) groups is 1. The molecule has 0 heterocycles. The van der Waals surface area contributed by atoms with E-state index < -0.39 is 5.97 Å². The summed E-state index contributed by atoms with van der Waals surface area (Å²) in [5, 5.41) is 8.37. The van der Waals surface area contributed by atoms with Crippen molar-refractivity contribution in [1.82, 2.24) is 0 Å². The average Bonchev–Trinajstić information content (AvgIpc) is 2.42. The van der Waals surface area contributed by atoms with Crippen LogP contribution in [-0.4, -0.2) is 11.1 Å². The fourth-order valence-corrected chi connectivity index (χ4v) is 0.819. The Bertz CT molecular complexity index is 119. The van der Waals surface area contributed by atoms with Gasteiger partial charge in [0.2, 0.25) is 0 Å². The van der Waals surface area contributed by atoms with Gasteiger partial charge in [0.15, 0.2) is 0 Å². The molecule has 0 aromatic carbocycles. The van der Waals surface area contributed by atoms with Crippen LogP contribution in [0.25, 0.3) is 0 Å². The number of hydrogen-bond donors (Lipinski definition) is 1. The third-order valence-corrected chi connectivity index (χ3v) is 1.36. The molecule has 0 fully saturated rings. The lowest BCUT2D eigenvalue weighted by Crippen LogP contribution is -2.08. The van der Waals surface area contributed by atoms with Gasteiger partial charge in [0, 0.05) is 0 Å². The zero-order valence-corrected chi connectivity index (χ0v) is 6.50. The van der Waals surface area contributed by atoms with E-state index in [9.17, 15) is 4.79 Å². The van der Waals surface area contributed by atoms with Gasteiger partial charge >= 0.3 is 5.97 Å². The smallest absolute Gasteiger partial charge is 0.307 e. The molecule has 0 aromatic rings. The molecule has 1 aliphatic rings. The van der Waals surface area contributed by atoms with Crippen molar-refractivity contribution < 1.29 is 9.90 Å². The Labute approximate surface area is 61.6 Å². The first kappa shape index (κ1) is 9.21. The van der Waals surface area contributed by atoms with Crippen molar-refractivity contribution in [2.75, 3.05) is 0 Å². The molecule has 58 valence electrons. The normalized spacial score (nSPS) is 16.2. The molecular weight excluding hydrogens is 128 g/mol. The van der Waals surface area contributed by atoms with Gasteiger partial charge in [0.25, 0.3) is 0 Å². The predicted molar refractivity (Wildman–Crippen MR) is 40.8 cm³/mol. The molecule has 0 spiro atoms. The number of aliphatic carboxylic acids is 1. The number of allylic oxidation sites excluding steroid dienone is 2. The van der Waals surface area contributed by atoms with Crippen molar-refractivity contribution >= 4 is 5.97 Å². The molecule has 1 aliphatic carbocycles. The van der Waals surface area contributed by atoms with Crippen molar-refractivity contribution in [3.63, 3.8) is 0 Å². The lowest BCUT2D eigenvalue weighted by Gasteiger charge is -1.97. The van der Waals surface area contributed by atoms with Crippen LogP contribution in [0.3, 0.4) is 0 Å². The molecule has 2 heteroatoms. The second-order valence-corrected chi connectivity index (χ2v) is 1.98. The lowest BCUT2D eigenvalue weighted by molar-refractivity contribution is -0.141. The van der Waals surface area contributed by atoms with E-state index in [1.165, 1.54) is 0 Å². The Hall–Kier alpha value is -0.790. The Kier molecular flexibility index (Phi) is 4.63. The van der Waals surface area contributed by atoms with Crippen LogP contribution in [0.2, 0.25) is 0 Å². The van der Waals surface area contributed by atoms with Crippen molar-refractivity contribution in [2.45, 2.75) is 26.7 Å². The fraction of sp³-hybridized carbons (Fsp3) is 0.625. The highest BCUT2D eigenvalue weighted by Crippen LogP contribution is 2.16. The van der Waals surface area contributed by atoms with E-state index in [0.717, 1.165) is 12.8 Å². The number of hydrogen-bond acceptors (Lipinski definition) is 1. The van der Waals surface area contributed by atoms with E-state index in [1.54, 1.807) is 0 Å². The van der Waals surface area contributed by atoms with Gasteiger partial charge in [-0.1, -0.05) is 26.0 Å². The predicted octanol–water partition coefficient (Wildman–Crippen LogP) is 2.06. The molecule has 0 unspecified atom stereocenters. The first-order valence-electron chi connectivity index (χ1n) is 3.68. The van der Waals surface area contributed by atoms with Crippen LogP contribution < -0.4 is 0 Å². The quantitative estimate of drug-likeness (QED) is 0.569. The van der Waals surface area contributed by atoms with Gasteiger partial charge < -0.3 is 5.11 Å². The molecule has 0 radical (unpaired) electrons. The minimum Gasteiger partial charge on any atom is -0.481 e. The molecular formula is C8H14O2. The van der Waals surface area contributed by atoms with Gasteiger partial charge in [-0.2, -0.15) is 0 Å². The monoisotopic (exact) mass is 142 g/mol. The van der Waals surface area contributed by atoms with E-state index in [-0.39, 0.29) is 5.92 Å². The summed E-state index contributed by atoms with van der Waals surface area (Å²) in [6.07, 6.45) is 5.27. The van der Waals surface area contributed by atoms with Crippen LogP contribution >= 0.6 is 0 Å². The first-order valence-corrected chi connectivity index (χ1v) is 3.68. The lowest BCUT2D eigenvalue weighted by atomic mass is 10.1. The van der Waals surface area contributed by atoms with Crippen molar-refractivity contribution in [3.8, 4) is 0 Å². The third kappa shape index (κ3) is 2.67. The molecule has 1 rings (SSSR count). The van der Waals surface area contributed by atoms with Crippen molar-refractivity contribution in [2.24, 2.45) is 5.92 Å². The minimum absolute atomic E-state index is 0.130. The summed E-state index contributed by atoms with van der Waals surface area (Å²) in [6.45, 7) is 4.00. The molecule has 0 saturated heterocycles. The molecule has 2 nitrogen and oxygen atoms in total. The number of carboxylic acid groups (broad SMARTS) is 1. The summed E-state index contributed by atoms with van der Waals surface area (Å²) in [4.78, 5) is 10.2. The molecule has 0 amide bonds. The van der Waals surface area contributed by atoms with E-state index in [0.29, 0.717) is 0 Å². The fourth-order valence-electron chi connectivity index (χ4n) is 0.819. The standard InChI is InChI=1S/C6H8O2.C2H6/c7-6(8)5-3-1-2-4-5;1-2/h1-2,5H,3-4H2,(H,7,8);1-2H3. The van der Waals surface area contributed by atoms with Crippen LogP contribution in [0.1, 0.15) is 26.7 Å². The summed E-state index contributed by atoms with van der Waals surface area (Å²) >= 11 is 0. The van der Waals surface area contributed by atoms with E-state index in [1.807, 2.05) is 26.0 Å². The third-order valence-electron chi connectivity index (χ3n) is 1.36. The minimum atomic E-state index is -0.671. The molecule has 0 aromatic heterocycles. The zero-order chi connectivity index (χ0) is 7.98. The molecule has 10 heavy (non-hydrogen) atoms. The summed E-state index contributed by atoms with van der Waals surface area (Å²) in [6, 6.07) is 0. The maximum atomic E-state index is 10.2. The van der Waals surface area contributed by atoms with Crippen molar-refractivity contribution in [3.05, 3.63) is 12.2 Å². The zero-order valence-electron chi connectivity index (χ0n) is 6.50. The molecule has 0 atom stereocenters. The average molecular weight is 142 g/mol. The largest absolute Gasteiger partial charge is 0.481 e. The second kappa shape index (κ2) is 5.03. The first-order chi connectivity index (χ1) is 4.80. The van der Waals surface area contributed by atoms with Gasteiger partial charge in [-0.05, 0) is 12.8 Å². The highest BCUT2D eigenvalue weighted by atomic mass is 16.4. The van der Waals surface area contributed by atoms with Gasteiger partial charge in [0.05, 0.1) is 5.92 Å². The van der Waals surface area contributed by atoms with Gasteiger partial charge in [-0.3, -0.25) is 4.79 Å². The van der Waals surface area contributed by atoms with Crippen LogP contribution in [0.4, 0.5) is 0 Å². The summed E-state index contributed by atoms with van der Waals surface area (Å²) in [5.74, 6) is -0.801. The van der Waals surface area contributed by atoms with Crippen LogP contribution in [0.15, 0.2) is 12.2 Å². The Morgan fingerprint density at radius 3 is 2.00 bits per heavy atom. The maximum Gasteiger partial charge on any atom is 0.307 e. The van der Waals surface area contributed by atoms with E-state index in [2.05, 4.69) is 0 Å². The molecule has 0 bridgehead atoms. The molecule has 1 N–H and O–H groups in total. The summed E-state index contributed by atoms with van der Waals surface area (Å²) < 4.78 is 0. The van der Waals surface area contributed by atoms with Crippen LogP contribution in [0, 0.1) is 5.92 Å². The van der Waals surface area contributed by atoms with Gasteiger partial charge in [-0.25, -0.2) is 0 Å². The van der Waals surface area contributed by atoms with Crippen molar-refractivity contribution in [1.29, 1.82) is 0 Å². The Balaban J connectivity index is 0.000000371. The van der Waals surface area contributed by atoms with E-state index >= 15 is 0 Å². The SMILES string of the molecule is CC.O=C(O)C1CC=CC1. The summed E-state index contributed by atoms with van der Waals surface area (Å²) in [7, 11) is 0. The van der Waals surface area contributed by atoms with Gasteiger partial charge in [0.1, 0.15) is 0 Å².